The van der Waals surface area contributed by atoms with Crippen LogP contribution >= 0.6 is 0 Å². The monoisotopic (exact) mass is 121 g/mol. The van der Waals surface area contributed by atoms with Gasteiger partial charge in [0.1, 0.15) is 5.82 Å². The van der Waals surface area contributed by atoms with Crippen LogP contribution in [0.3, 0.4) is 0 Å². The Hall–Kier alpha value is -1.05. The van der Waals surface area contributed by atoms with Gasteiger partial charge in [-0.25, -0.2) is 4.98 Å². The lowest BCUT2D eigenvalue weighted by atomic mass is 10.2. The van der Waals surface area contributed by atoms with Gasteiger partial charge in [0.05, 0.1) is 0 Å². The second kappa shape index (κ2) is 2.05. The Balaban J connectivity index is 3.25. The number of pyridine rings is 1. The lowest BCUT2D eigenvalue weighted by molar-refractivity contribution is 1.17. The number of rotatable bonds is 0. The fourth-order valence-corrected chi connectivity index (χ4v) is 0.632. The maximum Gasteiger partial charge on any atom is 0.147 e. The maximum atomic E-state index is 7.25. The third kappa shape index (κ3) is 1.02. The van der Waals surface area contributed by atoms with Crippen LogP contribution in [0.5, 0.6) is 0 Å². The van der Waals surface area contributed by atoms with E-state index in [2.05, 4.69) is 4.98 Å². The lowest BCUT2D eigenvalue weighted by Crippen LogP contribution is -1.85. The molecule has 0 amide bonds. The second-order valence-electron chi connectivity index (χ2n) is 2.10. The smallest absolute Gasteiger partial charge is 0.147 e. The molecule has 1 N–H and O–H groups in total. The topological polar surface area (TPSA) is 36.7 Å². The third-order valence-electron chi connectivity index (χ3n) is 1.47. The van der Waals surface area contributed by atoms with Crippen molar-refractivity contribution >= 4 is 5.82 Å². The van der Waals surface area contributed by atoms with Crippen LogP contribution in [0.4, 0.5) is 5.82 Å². The summed E-state index contributed by atoms with van der Waals surface area (Å²) in [6, 6.07) is 1.91. The van der Waals surface area contributed by atoms with Crippen molar-refractivity contribution in [2.45, 2.75) is 13.8 Å². The van der Waals surface area contributed by atoms with Crippen LogP contribution in [-0.4, -0.2) is 4.98 Å². The van der Waals surface area contributed by atoms with E-state index in [1.165, 1.54) is 0 Å². The van der Waals surface area contributed by atoms with E-state index in [4.69, 9.17) is 5.73 Å². The molecule has 0 aromatic carbocycles. The fraction of sp³-hybridized carbons (Fsp3) is 0.286. The second-order valence-corrected chi connectivity index (χ2v) is 2.10. The van der Waals surface area contributed by atoms with Crippen LogP contribution in [0.15, 0.2) is 12.3 Å². The first-order chi connectivity index (χ1) is 4.22. The largest absolute Gasteiger partial charge is 0.283 e. The number of nitrogens with zero attached hydrogens (tertiary/aromatic N) is 1. The van der Waals surface area contributed by atoms with Crippen LogP contribution in [0.25, 0.3) is 0 Å². The zero-order chi connectivity index (χ0) is 6.85. The summed E-state index contributed by atoms with van der Waals surface area (Å²) in [5.41, 5.74) is 9.35. The van der Waals surface area contributed by atoms with Gasteiger partial charge in [0.2, 0.25) is 0 Å². The highest BCUT2D eigenvalue weighted by molar-refractivity contribution is 5.39. The van der Waals surface area contributed by atoms with Crippen LogP contribution in [-0.2, 0) is 0 Å². The SMILES string of the molecule is Cc1ccnc([NH])c1C. The highest BCUT2D eigenvalue weighted by atomic mass is 14.8. The molecule has 1 heterocycles. The Morgan fingerprint density at radius 3 is 2.56 bits per heavy atom. The molecular formula is C7H9N2. The van der Waals surface area contributed by atoms with Gasteiger partial charge < -0.3 is 0 Å². The van der Waals surface area contributed by atoms with Crippen LogP contribution in [0.2, 0.25) is 0 Å². The first-order valence-corrected chi connectivity index (χ1v) is 2.85. The van der Waals surface area contributed by atoms with Gasteiger partial charge in [0.25, 0.3) is 0 Å². The molecule has 0 spiro atoms. The predicted octanol–water partition coefficient (Wildman–Crippen LogP) is 1.61. The van der Waals surface area contributed by atoms with Crippen LogP contribution in [0.1, 0.15) is 11.1 Å². The van der Waals surface area contributed by atoms with Crippen LogP contribution < -0.4 is 5.73 Å². The predicted molar refractivity (Wildman–Crippen MR) is 36.5 cm³/mol. The van der Waals surface area contributed by atoms with E-state index >= 15 is 0 Å². The zero-order valence-electron chi connectivity index (χ0n) is 5.60. The summed E-state index contributed by atoms with van der Waals surface area (Å²) in [6.45, 7) is 3.89. The Kier molecular flexibility index (Phi) is 1.39. The average Bonchev–Trinajstić information content (AvgIpc) is 1.83. The number of hydrogen-bond donors (Lipinski definition) is 0. The van der Waals surface area contributed by atoms with Gasteiger partial charge in [-0.15, -0.1) is 0 Å². The molecule has 47 valence electrons. The molecule has 0 unspecified atom stereocenters. The molecule has 0 saturated heterocycles. The van der Waals surface area contributed by atoms with Gasteiger partial charge in [-0.3, -0.25) is 5.73 Å². The van der Waals surface area contributed by atoms with Crippen molar-refractivity contribution in [3.05, 3.63) is 23.4 Å². The zero-order valence-corrected chi connectivity index (χ0v) is 5.60. The third-order valence-corrected chi connectivity index (χ3v) is 1.47. The van der Waals surface area contributed by atoms with E-state index in [9.17, 15) is 0 Å². The van der Waals surface area contributed by atoms with Gasteiger partial charge in [-0.1, -0.05) is 0 Å². The first kappa shape index (κ1) is 6.08. The van der Waals surface area contributed by atoms with E-state index in [0.29, 0.717) is 5.82 Å². The molecular weight excluding hydrogens is 112 g/mol. The average molecular weight is 121 g/mol. The number of nitrogens with one attached hydrogen (secondary N) is 1. The van der Waals surface area contributed by atoms with Gasteiger partial charge in [0, 0.05) is 6.20 Å². The normalized spacial score (nSPS) is 9.56. The minimum atomic E-state index is 0.384. The lowest BCUT2D eigenvalue weighted by Gasteiger charge is -1.98. The van der Waals surface area contributed by atoms with E-state index in [0.717, 1.165) is 11.1 Å². The summed E-state index contributed by atoms with van der Waals surface area (Å²) in [5.74, 6) is 0.384. The number of aromatic nitrogens is 1. The van der Waals surface area contributed by atoms with Gasteiger partial charge in [-0.2, -0.15) is 0 Å². The summed E-state index contributed by atoms with van der Waals surface area (Å²) < 4.78 is 0. The maximum absolute atomic E-state index is 7.25. The molecule has 9 heavy (non-hydrogen) atoms. The highest BCUT2D eigenvalue weighted by Gasteiger charge is 1.95. The van der Waals surface area contributed by atoms with E-state index in [1.807, 2.05) is 19.9 Å². The molecule has 1 aromatic rings. The Morgan fingerprint density at radius 2 is 2.11 bits per heavy atom. The summed E-state index contributed by atoms with van der Waals surface area (Å²) >= 11 is 0. The van der Waals surface area contributed by atoms with Crippen LogP contribution in [0, 0.1) is 13.8 Å². The van der Waals surface area contributed by atoms with E-state index < -0.39 is 0 Å². The van der Waals surface area contributed by atoms with Crippen molar-refractivity contribution in [2.75, 3.05) is 0 Å². The standard InChI is InChI=1S/C7H9N2/c1-5-3-4-9-7(8)6(5)2/h3-4,8H,1-2H3. The summed E-state index contributed by atoms with van der Waals surface area (Å²) in [7, 11) is 0. The molecule has 0 saturated carbocycles. The molecule has 0 atom stereocenters. The Morgan fingerprint density at radius 1 is 1.44 bits per heavy atom. The minimum Gasteiger partial charge on any atom is -0.283 e. The minimum absolute atomic E-state index is 0.384. The van der Waals surface area contributed by atoms with Crippen molar-refractivity contribution in [2.24, 2.45) is 0 Å². The van der Waals surface area contributed by atoms with Crippen molar-refractivity contribution in [1.29, 1.82) is 0 Å². The van der Waals surface area contributed by atoms with Gasteiger partial charge >= 0.3 is 0 Å². The molecule has 0 aliphatic rings. The Bertz CT molecular complexity index is 198. The van der Waals surface area contributed by atoms with Crippen molar-refractivity contribution < 1.29 is 0 Å². The molecule has 0 fully saturated rings. The van der Waals surface area contributed by atoms with Crippen molar-refractivity contribution in [3.63, 3.8) is 0 Å². The summed E-state index contributed by atoms with van der Waals surface area (Å²) in [4.78, 5) is 3.81. The molecule has 1 aromatic heterocycles. The summed E-state index contributed by atoms with van der Waals surface area (Å²) in [6.07, 6.45) is 1.66. The first-order valence-electron chi connectivity index (χ1n) is 2.85. The van der Waals surface area contributed by atoms with E-state index in [-0.39, 0.29) is 0 Å². The van der Waals surface area contributed by atoms with Crippen molar-refractivity contribution in [1.82, 2.24) is 10.7 Å². The van der Waals surface area contributed by atoms with E-state index in [1.54, 1.807) is 6.20 Å². The molecule has 0 bridgehead atoms. The highest BCUT2D eigenvalue weighted by Crippen LogP contribution is 2.11. The fourth-order valence-electron chi connectivity index (χ4n) is 0.632. The number of aryl methyl sites for hydroxylation is 1. The molecule has 0 aliphatic carbocycles. The van der Waals surface area contributed by atoms with Gasteiger partial charge in [-0.05, 0) is 31.0 Å². The van der Waals surface area contributed by atoms with Crippen molar-refractivity contribution in [3.8, 4) is 0 Å². The molecule has 1 rings (SSSR count). The van der Waals surface area contributed by atoms with Gasteiger partial charge in [0.15, 0.2) is 0 Å². The Labute approximate surface area is 54.7 Å². The molecule has 2 nitrogen and oxygen atoms in total. The number of hydrogen-bond acceptors (Lipinski definition) is 1. The summed E-state index contributed by atoms with van der Waals surface area (Å²) in [5, 5.41) is 0. The quantitative estimate of drug-likeness (QED) is 0.513. The molecule has 0 aliphatic heterocycles. The molecule has 1 radical (unpaired) electrons. The molecule has 2 heteroatoms.